The molecule has 8 nitrogen and oxygen atoms in total. The Labute approximate surface area is 214 Å². The molecule has 0 spiro atoms. The molecule has 36 heavy (non-hydrogen) atoms. The van der Waals surface area contributed by atoms with Crippen LogP contribution in [0, 0.1) is 11.3 Å². The third-order valence-electron chi connectivity index (χ3n) is 6.09. The molecule has 0 saturated heterocycles. The Hall–Kier alpha value is -3.36. The van der Waals surface area contributed by atoms with Gasteiger partial charge in [-0.25, -0.2) is 18.4 Å². The molecular formula is C26H25N3O5S2. The third-order valence-corrected chi connectivity index (χ3v) is 8.23. The molecule has 0 fully saturated rings. The number of thiophene rings is 1. The highest BCUT2D eigenvalue weighted by atomic mass is 32.2. The summed E-state index contributed by atoms with van der Waals surface area (Å²) in [6.07, 6.45) is 1.01. The van der Waals surface area contributed by atoms with Crippen LogP contribution in [0.4, 0.5) is 0 Å². The molecule has 1 aliphatic heterocycles. The van der Waals surface area contributed by atoms with E-state index < -0.39 is 10.0 Å². The van der Waals surface area contributed by atoms with Crippen LogP contribution in [0.1, 0.15) is 42.4 Å². The number of fused-ring (bicyclic) bond motifs is 1. The molecule has 0 saturated carbocycles. The molecule has 0 bridgehead atoms. The molecule has 0 amide bonds. The smallest absolute Gasteiger partial charge is 0.337 e. The number of ether oxygens (including phenoxy) is 1. The molecule has 10 heteroatoms. The highest BCUT2D eigenvalue weighted by Crippen LogP contribution is 2.34. The van der Waals surface area contributed by atoms with Gasteiger partial charge in [-0.15, -0.1) is 11.3 Å². The van der Waals surface area contributed by atoms with E-state index in [2.05, 4.69) is 11.0 Å². The zero-order valence-electron chi connectivity index (χ0n) is 19.7. The standard InChI is InChI=1S/C26H25N3O5S2/c1-34-26(31)19-4-2-3-18(11-19)15-29-10-9-22-23(14-27)24(35-25(22)16-29)13-20(30)12-17-5-7-21(8-6-17)36(28,32)33/h2-8,11H,9-10,12-13,15-16H2,1H3,(H2,28,32,33). The number of sulfonamides is 1. The van der Waals surface area contributed by atoms with Crippen molar-refractivity contribution in [1.29, 1.82) is 5.26 Å². The quantitative estimate of drug-likeness (QED) is 0.449. The van der Waals surface area contributed by atoms with Crippen LogP contribution in [0.25, 0.3) is 0 Å². The number of nitrogens with zero attached hydrogens (tertiary/aromatic N) is 2. The molecule has 4 rings (SSSR count). The van der Waals surface area contributed by atoms with Gasteiger partial charge in [0, 0.05) is 42.2 Å². The van der Waals surface area contributed by atoms with Gasteiger partial charge in [-0.05, 0) is 47.4 Å². The van der Waals surface area contributed by atoms with Gasteiger partial charge in [0.05, 0.1) is 23.1 Å². The monoisotopic (exact) mass is 523 g/mol. The van der Waals surface area contributed by atoms with Crippen molar-refractivity contribution in [1.82, 2.24) is 4.90 Å². The second kappa shape index (κ2) is 10.7. The van der Waals surface area contributed by atoms with Gasteiger partial charge < -0.3 is 4.74 Å². The van der Waals surface area contributed by atoms with Crippen LogP contribution in [0.5, 0.6) is 0 Å². The Morgan fingerprint density at radius 1 is 1.14 bits per heavy atom. The Kier molecular flexibility index (Phi) is 7.66. The molecule has 3 aromatic rings. The van der Waals surface area contributed by atoms with E-state index in [1.165, 1.54) is 30.6 Å². The number of rotatable bonds is 8. The normalized spacial score (nSPS) is 13.6. The molecule has 0 aliphatic carbocycles. The Morgan fingerprint density at radius 2 is 1.89 bits per heavy atom. The second-order valence-corrected chi connectivity index (χ2v) is 11.4. The van der Waals surface area contributed by atoms with E-state index in [9.17, 15) is 23.3 Å². The minimum Gasteiger partial charge on any atom is -0.465 e. The summed E-state index contributed by atoms with van der Waals surface area (Å²) >= 11 is 1.50. The summed E-state index contributed by atoms with van der Waals surface area (Å²) < 4.78 is 27.6. The fraction of sp³-hybridized carbons (Fsp3) is 0.269. The van der Waals surface area contributed by atoms with E-state index in [4.69, 9.17) is 9.88 Å². The van der Waals surface area contributed by atoms with Gasteiger partial charge in [-0.2, -0.15) is 5.26 Å². The number of primary sulfonamides is 1. The highest BCUT2D eigenvalue weighted by Gasteiger charge is 2.25. The van der Waals surface area contributed by atoms with E-state index in [-0.39, 0.29) is 29.5 Å². The molecule has 186 valence electrons. The number of nitriles is 1. The van der Waals surface area contributed by atoms with Crippen LogP contribution in [0.15, 0.2) is 53.4 Å². The van der Waals surface area contributed by atoms with Gasteiger partial charge in [0.25, 0.3) is 0 Å². The fourth-order valence-electron chi connectivity index (χ4n) is 4.34. The van der Waals surface area contributed by atoms with Crippen molar-refractivity contribution >= 4 is 33.1 Å². The first-order valence-corrected chi connectivity index (χ1v) is 13.6. The average molecular weight is 524 g/mol. The van der Waals surface area contributed by atoms with Gasteiger partial charge >= 0.3 is 5.97 Å². The summed E-state index contributed by atoms with van der Waals surface area (Å²) in [5, 5.41) is 14.9. The summed E-state index contributed by atoms with van der Waals surface area (Å²) in [5.74, 6) is -0.422. The maximum Gasteiger partial charge on any atom is 0.337 e. The molecular weight excluding hydrogens is 498 g/mol. The molecule has 0 radical (unpaired) electrons. The van der Waals surface area contributed by atoms with Crippen molar-refractivity contribution in [2.24, 2.45) is 5.14 Å². The van der Waals surface area contributed by atoms with Crippen LogP contribution >= 0.6 is 11.3 Å². The summed E-state index contributed by atoms with van der Waals surface area (Å²) in [6, 6.07) is 15.6. The highest BCUT2D eigenvalue weighted by molar-refractivity contribution is 7.89. The zero-order chi connectivity index (χ0) is 25.9. The lowest BCUT2D eigenvalue weighted by molar-refractivity contribution is -0.117. The average Bonchev–Trinajstić information content (AvgIpc) is 3.19. The first kappa shape index (κ1) is 25.7. The number of esters is 1. The number of hydrogen-bond donors (Lipinski definition) is 1. The maximum absolute atomic E-state index is 12.8. The van der Waals surface area contributed by atoms with E-state index in [1.807, 2.05) is 18.2 Å². The summed E-state index contributed by atoms with van der Waals surface area (Å²) in [4.78, 5) is 28.7. The van der Waals surface area contributed by atoms with Crippen LogP contribution < -0.4 is 5.14 Å². The molecule has 1 aromatic heterocycles. The zero-order valence-corrected chi connectivity index (χ0v) is 21.3. The number of nitrogens with two attached hydrogens (primary N) is 1. The Bertz CT molecular complexity index is 1450. The van der Waals surface area contributed by atoms with Crippen molar-refractivity contribution in [3.8, 4) is 6.07 Å². The van der Waals surface area contributed by atoms with Crippen molar-refractivity contribution < 1.29 is 22.7 Å². The SMILES string of the molecule is COC(=O)c1cccc(CN2CCc3c(sc(CC(=O)Cc4ccc(S(N)(=O)=O)cc4)c3C#N)C2)c1. The summed E-state index contributed by atoms with van der Waals surface area (Å²) in [6.45, 7) is 2.10. The lowest BCUT2D eigenvalue weighted by atomic mass is 9.99. The minimum absolute atomic E-state index is 0.00188. The number of Topliss-reactive ketones (excluding diaryl/α,β-unsaturated/α-hetero) is 1. The third kappa shape index (κ3) is 5.88. The molecule has 0 unspecified atom stereocenters. The van der Waals surface area contributed by atoms with E-state index in [0.29, 0.717) is 36.2 Å². The van der Waals surface area contributed by atoms with Crippen molar-refractivity contribution in [3.05, 3.63) is 86.1 Å². The van der Waals surface area contributed by atoms with E-state index >= 15 is 0 Å². The van der Waals surface area contributed by atoms with Crippen LogP contribution in [-0.2, 0) is 51.9 Å². The van der Waals surface area contributed by atoms with Gasteiger partial charge in [0.15, 0.2) is 0 Å². The maximum atomic E-state index is 12.8. The minimum atomic E-state index is -3.78. The summed E-state index contributed by atoms with van der Waals surface area (Å²) in [5.41, 5.74) is 3.81. The largest absolute Gasteiger partial charge is 0.465 e. The number of carbonyl (C=O) groups excluding carboxylic acids is 2. The molecule has 0 atom stereocenters. The number of benzene rings is 2. The topological polar surface area (TPSA) is 131 Å². The predicted molar refractivity (Wildman–Crippen MR) is 135 cm³/mol. The van der Waals surface area contributed by atoms with Crippen LogP contribution in [0.2, 0.25) is 0 Å². The van der Waals surface area contributed by atoms with Crippen molar-refractivity contribution in [2.45, 2.75) is 37.2 Å². The van der Waals surface area contributed by atoms with Gasteiger partial charge in [-0.3, -0.25) is 9.69 Å². The number of ketones is 1. The first-order chi connectivity index (χ1) is 17.2. The molecule has 2 aromatic carbocycles. The molecule has 1 aliphatic rings. The van der Waals surface area contributed by atoms with Gasteiger partial charge in [0.2, 0.25) is 10.0 Å². The molecule has 2 N–H and O–H groups in total. The van der Waals surface area contributed by atoms with Crippen LogP contribution in [0.3, 0.4) is 0 Å². The van der Waals surface area contributed by atoms with E-state index in [1.54, 1.807) is 18.2 Å². The van der Waals surface area contributed by atoms with Crippen molar-refractivity contribution in [2.75, 3.05) is 13.7 Å². The predicted octanol–water partition coefficient (Wildman–Crippen LogP) is 2.97. The lowest BCUT2D eigenvalue weighted by Gasteiger charge is -2.27. The molecule has 2 heterocycles. The van der Waals surface area contributed by atoms with Crippen LogP contribution in [-0.4, -0.2) is 38.7 Å². The fourth-order valence-corrected chi connectivity index (χ4v) is 6.23. The number of methoxy groups -OCH3 is 1. The summed E-state index contributed by atoms with van der Waals surface area (Å²) in [7, 11) is -2.43. The first-order valence-electron chi connectivity index (χ1n) is 11.2. The van der Waals surface area contributed by atoms with Gasteiger partial charge in [-0.1, -0.05) is 24.3 Å². The van der Waals surface area contributed by atoms with E-state index in [0.717, 1.165) is 27.4 Å². The van der Waals surface area contributed by atoms with Gasteiger partial charge in [0.1, 0.15) is 11.9 Å². The Morgan fingerprint density at radius 3 is 2.56 bits per heavy atom. The lowest BCUT2D eigenvalue weighted by Crippen LogP contribution is -2.29. The Balaban J connectivity index is 1.44. The number of hydrogen-bond acceptors (Lipinski definition) is 8. The second-order valence-electron chi connectivity index (χ2n) is 8.65. The van der Waals surface area contributed by atoms with Crippen molar-refractivity contribution in [3.63, 3.8) is 0 Å². The number of carbonyl (C=O) groups is 2.